The first-order chi connectivity index (χ1) is 42.9. The molecule has 0 saturated carbocycles. The number of fused-ring (bicyclic) bond motifs is 3. The van der Waals surface area contributed by atoms with Gasteiger partial charge in [-0.1, -0.05) is 38.9 Å². The summed E-state index contributed by atoms with van der Waals surface area (Å²) >= 11 is 6.83. The zero-order chi connectivity index (χ0) is 71.0. The molecule has 0 unspecified atom stereocenters. The Morgan fingerprint density at radius 3 is 1.16 bits per heavy atom. The van der Waals surface area contributed by atoms with Gasteiger partial charge in [-0.25, -0.2) is 53.8 Å². The fraction of sp³-hybridized carbons (Fsp3) is 0.682. The summed E-state index contributed by atoms with van der Waals surface area (Å²) in [5, 5.41) is -0.796. The highest BCUT2D eigenvalue weighted by molar-refractivity contribution is 9.10. The minimum absolute atomic E-state index is 0.0320. The number of hydrogen-bond acceptors (Lipinski definition) is 19. The van der Waals surface area contributed by atoms with E-state index in [0.717, 1.165) is 23.3 Å². The van der Waals surface area contributed by atoms with Crippen LogP contribution < -0.4 is 10.9 Å². The Morgan fingerprint density at radius 1 is 0.521 bits per heavy atom. The minimum Gasteiger partial charge on any atom is -0.460 e. The van der Waals surface area contributed by atoms with Crippen LogP contribution in [0, 0.1) is 17.5 Å². The number of rotatable bonds is 13. The van der Waals surface area contributed by atoms with E-state index in [4.69, 9.17) is 34.9 Å². The van der Waals surface area contributed by atoms with E-state index in [9.17, 15) is 35.8 Å². The van der Waals surface area contributed by atoms with Crippen LogP contribution in [0.2, 0.25) is 18.1 Å². The van der Waals surface area contributed by atoms with Crippen LogP contribution >= 0.6 is 31.9 Å². The summed E-state index contributed by atoms with van der Waals surface area (Å²) in [6, 6.07) is 10.0. The summed E-state index contributed by atoms with van der Waals surface area (Å²) < 4.78 is 117. The third-order valence-corrected chi connectivity index (χ3v) is 36.9. The number of aliphatic imine (C=N–C) groups is 3. The molecule has 9 rings (SSSR count). The molecular weight excluding hydrogens is 1420 g/mol. The van der Waals surface area contributed by atoms with Crippen molar-refractivity contribution >= 4 is 115 Å². The van der Waals surface area contributed by atoms with Gasteiger partial charge < -0.3 is 19.9 Å². The van der Waals surface area contributed by atoms with Crippen LogP contribution in [0.1, 0.15) is 201 Å². The quantitative estimate of drug-likeness (QED) is 0.0722. The predicted octanol–water partition coefficient (Wildman–Crippen LogP) is 13.7. The van der Waals surface area contributed by atoms with Gasteiger partial charge in [-0.3, -0.25) is 29.4 Å². The van der Waals surface area contributed by atoms with E-state index >= 15 is 4.39 Å². The first-order valence-electron chi connectivity index (χ1n) is 32.1. The monoisotopic (exact) mass is 1510 g/mol. The van der Waals surface area contributed by atoms with Gasteiger partial charge in [-0.15, -0.1) is 0 Å². The summed E-state index contributed by atoms with van der Waals surface area (Å²) in [4.78, 5) is 65.8. The Kier molecular flexibility index (Phi) is 21.8. The highest BCUT2D eigenvalue weighted by atomic mass is 79.9. The van der Waals surface area contributed by atoms with Crippen LogP contribution in [-0.4, -0.2) is 137 Å². The molecule has 28 heteroatoms. The molecule has 6 aliphatic heterocycles. The first kappa shape index (κ1) is 76.8. The van der Waals surface area contributed by atoms with E-state index in [1.165, 1.54) is 24.3 Å². The molecule has 94 heavy (non-hydrogen) atoms. The van der Waals surface area contributed by atoms with E-state index in [1.54, 1.807) is 104 Å². The molecule has 9 heterocycles. The number of ether oxygens (including phenoxy) is 3. The number of hydrogen-bond donors (Lipinski definition) is 1. The summed E-state index contributed by atoms with van der Waals surface area (Å²) in [7, 11) is -10.7. The van der Waals surface area contributed by atoms with Gasteiger partial charge in [-0.05, 0) is 211 Å². The van der Waals surface area contributed by atoms with Gasteiger partial charge in [0.1, 0.15) is 83.0 Å². The highest BCUT2D eigenvalue weighted by Crippen LogP contribution is 2.52. The van der Waals surface area contributed by atoms with Crippen LogP contribution in [0.25, 0.3) is 0 Å². The third kappa shape index (κ3) is 14.2. The lowest BCUT2D eigenvalue weighted by Crippen LogP contribution is -2.57. The summed E-state index contributed by atoms with van der Waals surface area (Å²) in [6.07, 6.45) is 1.15. The number of aromatic nitrogens is 3. The molecule has 19 nitrogen and oxygen atoms in total. The number of pyridine rings is 3. The smallest absolute Gasteiger partial charge is 0.312 e. The fourth-order valence-corrected chi connectivity index (χ4v) is 28.4. The third-order valence-electron chi connectivity index (χ3n) is 19.3. The van der Waals surface area contributed by atoms with Gasteiger partial charge in [-0.2, -0.15) is 0 Å². The Labute approximate surface area is 573 Å². The lowest BCUT2D eigenvalue weighted by Gasteiger charge is -2.45. The molecule has 0 bridgehead atoms. The largest absolute Gasteiger partial charge is 0.460 e. The first-order valence-corrected chi connectivity index (χ1v) is 41.1. The molecule has 9 atom stereocenters. The molecule has 0 saturated heterocycles. The van der Waals surface area contributed by atoms with Crippen molar-refractivity contribution in [3.63, 3.8) is 0 Å². The van der Waals surface area contributed by atoms with Gasteiger partial charge in [0.05, 0.1) is 86.5 Å². The molecule has 0 fully saturated rings. The molecule has 0 aliphatic carbocycles. The van der Waals surface area contributed by atoms with Gasteiger partial charge in [0.15, 0.2) is 0 Å². The fourth-order valence-electron chi connectivity index (χ4n) is 14.0. The molecule has 0 aromatic carbocycles. The van der Waals surface area contributed by atoms with Crippen LogP contribution in [-0.2, 0) is 74.4 Å². The maximum Gasteiger partial charge on any atom is 0.312 e. The van der Waals surface area contributed by atoms with E-state index in [2.05, 4.69) is 80.7 Å². The van der Waals surface area contributed by atoms with Crippen LogP contribution in [0.5, 0.6) is 0 Å². The molecule has 3 aromatic heterocycles. The molecule has 3 aromatic rings. The van der Waals surface area contributed by atoms with Crippen molar-refractivity contribution in [2.45, 2.75) is 265 Å². The van der Waals surface area contributed by atoms with E-state index < -0.39 is 130 Å². The molecule has 522 valence electrons. The van der Waals surface area contributed by atoms with Crippen LogP contribution in [0.4, 0.5) is 19.0 Å². The van der Waals surface area contributed by atoms with Crippen molar-refractivity contribution in [3.8, 4) is 0 Å². The molecule has 6 aliphatic rings. The lowest BCUT2D eigenvalue weighted by atomic mass is 9.88. The average Bonchev–Trinajstić information content (AvgIpc) is 1.35. The maximum atomic E-state index is 16.6. The Morgan fingerprint density at radius 2 is 0.830 bits per heavy atom. The van der Waals surface area contributed by atoms with Gasteiger partial charge in [0.25, 0.3) is 0 Å². The maximum absolute atomic E-state index is 16.6. The second kappa shape index (κ2) is 26.6. The Bertz CT molecular complexity index is 3850. The topological polar surface area (TPSA) is 269 Å². The summed E-state index contributed by atoms with van der Waals surface area (Å²) in [6.45, 7) is 39.8. The average molecular weight is 1520 g/mol. The number of esters is 3. The van der Waals surface area contributed by atoms with Gasteiger partial charge >= 0.3 is 17.9 Å². The van der Waals surface area contributed by atoms with Gasteiger partial charge in [0.2, 0.25) is 0 Å². The summed E-state index contributed by atoms with van der Waals surface area (Å²) in [5.41, 5.74) is 1.72. The van der Waals surface area contributed by atoms with Crippen molar-refractivity contribution < 1.29 is 54.4 Å². The van der Waals surface area contributed by atoms with E-state index in [0.29, 0.717) is 65.2 Å². The van der Waals surface area contributed by atoms with E-state index in [1.807, 2.05) is 26.8 Å². The highest BCUT2D eigenvalue weighted by Gasteiger charge is 2.61. The van der Waals surface area contributed by atoms with Crippen LogP contribution in [0.15, 0.2) is 67.6 Å². The van der Waals surface area contributed by atoms with Crippen molar-refractivity contribution in [2.75, 3.05) is 25.4 Å². The standard InChI is InChI=1S/C26H41BrFN3O3SSi.C20H27BrFN3O3S.C20H29FN4O3S/c1-10-36(11-2,12-3)17-15-20(27)30-23(22(17)28)26(9)19-13-14-29-35(19,33)25(7,8)18(31-26)16-21(32)34-24(4,5)6;1-18(2,3)28-16(26)11-13-19(4,5)29(27)14(9-10-23-29)20(6,25-13)17-12(22)7-8-15(21)24-17;1-18(2,3)28-16(26)11-13-19(4,5)29(27)14(9-10-23-29)20(6,25-13)17-12(21)7-8-15(22)24-17/h15,19H,10-14,16H2,1-9H3;7-8,14H,9-11H2,1-6H3;7-8,14H,9-11H2,1-6H3,(H2,22,24)/t19-,26+,35+;2*14-,20+,29+/m111/s1. The predicted molar refractivity (Wildman–Crippen MR) is 379 cm³/mol. The molecular formula is C66H97Br2F3N10O9S3Si. The second-order valence-corrected chi connectivity index (χ2v) is 45.9. The number of halogens is 5. The number of nitrogen functional groups attached to an aromatic ring is 1. The summed E-state index contributed by atoms with van der Waals surface area (Å²) in [5.74, 6) is -2.68. The number of carbonyl (C=O) groups excluding carboxylic acids is 3. The zero-order valence-corrected chi connectivity index (χ0v) is 65.1. The number of anilines is 1. The Hall–Kier alpha value is -4.51. The minimum atomic E-state index is -2.89. The normalized spacial score (nSPS) is 29.7. The molecule has 0 spiro atoms. The van der Waals surface area contributed by atoms with Crippen molar-refractivity contribution in [2.24, 2.45) is 28.1 Å². The van der Waals surface area contributed by atoms with Gasteiger partial charge in [0, 0.05) is 36.8 Å². The lowest BCUT2D eigenvalue weighted by molar-refractivity contribution is -0.154. The second-order valence-electron chi connectivity index (χ2n) is 30.1. The van der Waals surface area contributed by atoms with Crippen LogP contribution in [0.3, 0.4) is 0 Å². The SMILES string of the molecule is CC(C)(C)OC(=O)CC1=N[C@](C)(c2nc(Br)ccc2F)[C@H]2CCN=[S@@]2(=O)C1(C)C.CC(C)(C)OC(=O)CC1=N[C@](C)(c2nc(N)ccc2F)[C@H]2CCN=[S@@]2(=O)C1(C)C.CC[Si](CC)(CC)c1cc(Br)nc([C@@]2(C)N=C(CC(=O)OC(C)(C)C)C(C)(C)[S@]3(=O)=NCC[C@H]23)c1F. The van der Waals surface area contributed by atoms with Crippen molar-refractivity contribution in [1.82, 2.24) is 15.0 Å². The number of nitrogens with zero attached hydrogens (tertiary/aromatic N) is 9. The van der Waals surface area contributed by atoms with Crippen molar-refractivity contribution in [3.05, 3.63) is 74.1 Å². The molecule has 0 radical (unpaired) electrons. The molecule has 0 amide bonds. The number of nitrogens with two attached hydrogens (primary N) is 1. The number of carbonyl (C=O) groups is 3. The van der Waals surface area contributed by atoms with Crippen molar-refractivity contribution in [1.29, 1.82) is 0 Å². The van der Waals surface area contributed by atoms with E-state index in [-0.39, 0.29) is 48.0 Å². The zero-order valence-electron chi connectivity index (χ0n) is 58.5. The molecule has 2 N–H and O–H groups in total. The Balaban J connectivity index is 0.000000201.